The van der Waals surface area contributed by atoms with Gasteiger partial charge in [0.05, 0.1) is 12.7 Å². The smallest absolute Gasteiger partial charge is 0.153 e. The van der Waals surface area contributed by atoms with Crippen LogP contribution >= 0.6 is 0 Å². The minimum atomic E-state index is 0.491. The average molecular weight is 228 g/mol. The molecule has 0 bridgehead atoms. The quantitative estimate of drug-likeness (QED) is 0.753. The lowest BCUT2D eigenvalue weighted by Gasteiger charge is -2.09. The van der Waals surface area contributed by atoms with Crippen LogP contribution in [0, 0.1) is 0 Å². The van der Waals surface area contributed by atoms with Crippen LogP contribution in [-0.2, 0) is 0 Å². The first-order chi connectivity index (χ1) is 8.33. The van der Waals surface area contributed by atoms with E-state index in [1.165, 1.54) is 0 Å². The SMILES string of the molecule is COc1ccc(C=O)c(Oc2ccccc2)c1. The fourth-order valence-corrected chi connectivity index (χ4v) is 1.44. The summed E-state index contributed by atoms with van der Waals surface area (Å²) in [6.45, 7) is 0. The van der Waals surface area contributed by atoms with Gasteiger partial charge < -0.3 is 9.47 Å². The molecule has 0 N–H and O–H groups in total. The number of para-hydroxylation sites is 1. The van der Waals surface area contributed by atoms with E-state index in [1.807, 2.05) is 30.3 Å². The molecule has 17 heavy (non-hydrogen) atoms. The molecule has 0 aliphatic heterocycles. The molecule has 0 fully saturated rings. The van der Waals surface area contributed by atoms with Crippen molar-refractivity contribution in [3.63, 3.8) is 0 Å². The molecule has 0 atom stereocenters. The molecule has 3 nitrogen and oxygen atoms in total. The van der Waals surface area contributed by atoms with Crippen molar-refractivity contribution >= 4 is 6.29 Å². The third-order valence-electron chi connectivity index (χ3n) is 2.32. The second-order valence-electron chi connectivity index (χ2n) is 3.44. The van der Waals surface area contributed by atoms with Crippen molar-refractivity contribution < 1.29 is 14.3 Å². The molecule has 0 unspecified atom stereocenters. The van der Waals surface area contributed by atoms with Crippen molar-refractivity contribution in [2.45, 2.75) is 0 Å². The molecule has 2 aromatic rings. The predicted octanol–water partition coefficient (Wildman–Crippen LogP) is 3.30. The van der Waals surface area contributed by atoms with Crippen LogP contribution in [0.15, 0.2) is 48.5 Å². The topological polar surface area (TPSA) is 35.5 Å². The van der Waals surface area contributed by atoms with Gasteiger partial charge in [0.15, 0.2) is 6.29 Å². The predicted molar refractivity (Wildman–Crippen MR) is 64.9 cm³/mol. The zero-order valence-corrected chi connectivity index (χ0v) is 9.42. The van der Waals surface area contributed by atoms with Crippen molar-refractivity contribution in [3.8, 4) is 17.2 Å². The highest BCUT2D eigenvalue weighted by Gasteiger charge is 2.06. The minimum absolute atomic E-state index is 0.491. The highest BCUT2D eigenvalue weighted by atomic mass is 16.5. The van der Waals surface area contributed by atoms with E-state index in [1.54, 1.807) is 25.3 Å². The van der Waals surface area contributed by atoms with E-state index in [9.17, 15) is 4.79 Å². The molecule has 0 spiro atoms. The maximum absolute atomic E-state index is 10.9. The van der Waals surface area contributed by atoms with Gasteiger partial charge in [-0.15, -0.1) is 0 Å². The van der Waals surface area contributed by atoms with Crippen LogP contribution in [0.1, 0.15) is 10.4 Å². The Bertz CT molecular complexity index is 506. The van der Waals surface area contributed by atoms with Gasteiger partial charge in [-0.2, -0.15) is 0 Å². The van der Waals surface area contributed by atoms with Gasteiger partial charge in [0, 0.05) is 6.07 Å². The number of benzene rings is 2. The van der Waals surface area contributed by atoms with Gasteiger partial charge >= 0.3 is 0 Å². The monoisotopic (exact) mass is 228 g/mol. The first-order valence-electron chi connectivity index (χ1n) is 5.19. The second kappa shape index (κ2) is 5.16. The summed E-state index contributed by atoms with van der Waals surface area (Å²) in [5.41, 5.74) is 0.495. The highest BCUT2D eigenvalue weighted by Crippen LogP contribution is 2.28. The molecule has 86 valence electrons. The minimum Gasteiger partial charge on any atom is -0.497 e. The maximum Gasteiger partial charge on any atom is 0.153 e. The van der Waals surface area contributed by atoms with Gasteiger partial charge in [-0.3, -0.25) is 4.79 Å². The van der Waals surface area contributed by atoms with Gasteiger partial charge in [0.25, 0.3) is 0 Å². The van der Waals surface area contributed by atoms with E-state index in [-0.39, 0.29) is 0 Å². The van der Waals surface area contributed by atoms with Crippen LogP contribution in [-0.4, -0.2) is 13.4 Å². The van der Waals surface area contributed by atoms with E-state index in [2.05, 4.69) is 0 Å². The summed E-state index contributed by atoms with van der Waals surface area (Å²) in [4.78, 5) is 10.9. The first-order valence-corrected chi connectivity index (χ1v) is 5.19. The fraction of sp³-hybridized carbons (Fsp3) is 0.0714. The van der Waals surface area contributed by atoms with Crippen LogP contribution in [0.25, 0.3) is 0 Å². The van der Waals surface area contributed by atoms with Gasteiger partial charge in [0.1, 0.15) is 17.2 Å². The number of rotatable bonds is 4. The highest BCUT2D eigenvalue weighted by molar-refractivity contribution is 5.80. The molecule has 0 saturated heterocycles. The average Bonchev–Trinajstić information content (AvgIpc) is 2.40. The Morgan fingerprint density at radius 2 is 1.76 bits per heavy atom. The number of carbonyl (C=O) groups excluding carboxylic acids is 1. The van der Waals surface area contributed by atoms with Crippen LogP contribution in [0.5, 0.6) is 17.2 Å². The molecular weight excluding hydrogens is 216 g/mol. The van der Waals surface area contributed by atoms with Crippen LogP contribution < -0.4 is 9.47 Å². The molecule has 2 rings (SSSR count). The third-order valence-corrected chi connectivity index (χ3v) is 2.32. The van der Waals surface area contributed by atoms with E-state index < -0.39 is 0 Å². The Morgan fingerprint density at radius 3 is 2.41 bits per heavy atom. The van der Waals surface area contributed by atoms with Crippen molar-refractivity contribution in [3.05, 3.63) is 54.1 Å². The Morgan fingerprint density at radius 1 is 1.00 bits per heavy atom. The number of methoxy groups -OCH3 is 1. The Balaban J connectivity index is 2.33. The molecule has 3 heteroatoms. The van der Waals surface area contributed by atoms with E-state index in [4.69, 9.17) is 9.47 Å². The number of carbonyl (C=O) groups is 1. The summed E-state index contributed by atoms with van der Waals surface area (Å²) in [5, 5.41) is 0. The summed E-state index contributed by atoms with van der Waals surface area (Å²) in [7, 11) is 1.57. The summed E-state index contributed by atoms with van der Waals surface area (Å²) in [6, 6.07) is 14.4. The molecule has 0 heterocycles. The van der Waals surface area contributed by atoms with E-state index >= 15 is 0 Å². The van der Waals surface area contributed by atoms with Gasteiger partial charge in [-0.25, -0.2) is 0 Å². The molecule has 0 saturated carbocycles. The Hall–Kier alpha value is -2.29. The normalized spacial score (nSPS) is 9.71. The Labute approximate surface area is 99.6 Å². The number of ether oxygens (including phenoxy) is 2. The zero-order valence-electron chi connectivity index (χ0n) is 9.42. The fourth-order valence-electron chi connectivity index (χ4n) is 1.44. The van der Waals surface area contributed by atoms with Crippen molar-refractivity contribution in [1.29, 1.82) is 0 Å². The van der Waals surface area contributed by atoms with Gasteiger partial charge in [0.2, 0.25) is 0 Å². The first kappa shape index (κ1) is 11.2. The van der Waals surface area contributed by atoms with Crippen LogP contribution in [0.4, 0.5) is 0 Å². The lowest BCUT2D eigenvalue weighted by Crippen LogP contribution is -1.92. The lowest BCUT2D eigenvalue weighted by atomic mass is 10.2. The van der Waals surface area contributed by atoms with Crippen LogP contribution in [0.2, 0.25) is 0 Å². The summed E-state index contributed by atoms with van der Waals surface area (Å²) in [5.74, 6) is 1.83. The Kier molecular flexibility index (Phi) is 3.40. The molecule has 2 aromatic carbocycles. The molecule has 0 aliphatic carbocycles. The summed E-state index contributed by atoms with van der Waals surface area (Å²) in [6.07, 6.45) is 0.762. The third kappa shape index (κ3) is 2.64. The number of hydrogen-bond donors (Lipinski definition) is 0. The standard InChI is InChI=1S/C14H12O3/c1-16-13-8-7-11(10-15)14(9-13)17-12-5-3-2-4-6-12/h2-10H,1H3. The second-order valence-corrected chi connectivity index (χ2v) is 3.44. The molecule has 0 aliphatic rings. The summed E-state index contributed by atoms with van der Waals surface area (Å²) < 4.78 is 10.7. The molecule has 0 amide bonds. The van der Waals surface area contributed by atoms with Crippen molar-refractivity contribution in [1.82, 2.24) is 0 Å². The van der Waals surface area contributed by atoms with Crippen molar-refractivity contribution in [2.24, 2.45) is 0 Å². The van der Waals surface area contributed by atoms with Gasteiger partial charge in [-0.1, -0.05) is 18.2 Å². The molecule has 0 aromatic heterocycles. The summed E-state index contributed by atoms with van der Waals surface area (Å²) >= 11 is 0. The number of hydrogen-bond acceptors (Lipinski definition) is 3. The van der Waals surface area contributed by atoms with Gasteiger partial charge in [-0.05, 0) is 24.3 Å². The maximum atomic E-state index is 10.9. The van der Waals surface area contributed by atoms with Crippen molar-refractivity contribution in [2.75, 3.05) is 7.11 Å². The zero-order chi connectivity index (χ0) is 12.1. The largest absolute Gasteiger partial charge is 0.497 e. The van der Waals surface area contributed by atoms with E-state index in [0.717, 1.165) is 6.29 Å². The van der Waals surface area contributed by atoms with E-state index in [0.29, 0.717) is 22.8 Å². The molecular formula is C14H12O3. The lowest BCUT2D eigenvalue weighted by molar-refractivity contribution is 0.112. The van der Waals surface area contributed by atoms with Crippen LogP contribution in [0.3, 0.4) is 0 Å². The molecule has 0 radical (unpaired) electrons. The number of aldehydes is 1.